The van der Waals surface area contributed by atoms with Gasteiger partial charge in [-0.2, -0.15) is 0 Å². The number of carbonyl (C=O) groups excluding carboxylic acids is 1. The number of aliphatic carboxylic acids is 1. The van der Waals surface area contributed by atoms with Gasteiger partial charge in [0.25, 0.3) is 0 Å². The molecule has 0 aliphatic heterocycles. The highest BCUT2D eigenvalue weighted by molar-refractivity contribution is 5.99. The third-order valence-corrected chi connectivity index (χ3v) is 3.68. The highest BCUT2D eigenvalue weighted by atomic mass is 16.4. The van der Waals surface area contributed by atoms with Crippen molar-refractivity contribution < 1.29 is 14.7 Å². The van der Waals surface area contributed by atoms with Gasteiger partial charge in [0.1, 0.15) is 11.5 Å². The van der Waals surface area contributed by atoms with Gasteiger partial charge in [-0.25, -0.2) is 4.98 Å². The number of ketones is 1. The van der Waals surface area contributed by atoms with Crippen LogP contribution in [-0.4, -0.2) is 26.4 Å². The normalized spacial score (nSPS) is 23.6. The lowest BCUT2D eigenvalue weighted by atomic mass is 9.89. The number of imidazole rings is 1. The summed E-state index contributed by atoms with van der Waals surface area (Å²) in [7, 11) is 1.89. The van der Waals surface area contributed by atoms with Crippen LogP contribution < -0.4 is 0 Å². The lowest BCUT2D eigenvalue weighted by Crippen LogP contribution is -2.27. The molecule has 2 aliphatic rings. The van der Waals surface area contributed by atoms with Crippen molar-refractivity contribution in [2.45, 2.75) is 31.6 Å². The predicted molar refractivity (Wildman–Crippen MR) is 59.0 cm³/mol. The summed E-state index contributed by atoms with van der Waals surface area (Å²) in [4.78, 5) is 27.3. The molecule has 3 rings (SSSR count). The summed E-state index contributed by atoms with van der Waals surface area (Å²) < 4.78 is 1.93. The Morgan fingerprint density at radius 3 is 2.71 bits per heavy atom. The van der Waals surface area contributed by atoms with Crippen LogP contribution in [0, 0.1) is 5.92 Å². The fourth-order valence-corrected chi connectivity index (χ4v) is 2.52. The first kappa shape index (κ1) is 10.5. The molecule has 1 aromatic rings. The van der Waals surface area contributed by atoms with Gasteiger partial charge in [-0.3, -0.25) is 9.59 Å². The number of carboxylic acid groups (broad SMARTS) is 1. The number of rotatable bonds is 2. The average molecular weight is 234 g/mol. The van der Waals surface area contributed by atoms with E-state index in [1.54, 1.807) is 0 Å². The van der Waals surface area contributed by atoms with E-state index in [4.69, 9.17) is 5.11 Å². The van der Waals surface area contributed by atoms with Crippen LogP contribution in [0.25, 0.3) is 0 Å². The SMILES string of the molecule is Cn1c(C2CC2)nc2c1CC(C(=O)O)CC2=O. The summed E-state index contributed by atoms with van der Waals surface area (Å²) in [6, 6.07) is 0. The van der Waals surface area contributed by atoms with Crippen LogP contribution in [-0.2, 0) is 18.3 Å². The van der Waals surface area contributed by atoms with E-state index in [0.717, 1.165) is 24.4 Å². The molecule has 1 N–H and O–H groups in total. The van der Waals surface area contributed by atoms with Gasteiger partial charge in [0.05, 0.1) is 5.92 Å². The van der Waals surface area contributed by atoms with Crippen LogP contribution in [0.5, 0.6) is 0 Å². The maximum absolute atomic E-state index is 11.9. The second-order valence-corrected chi connectivity index (χ2v) is 4.97. The van der Waals surface area contributed by atoms with Crippen LogP contribution in [0.4, 0.5) is 0 Å². The fourth-order valence-electron chi connectivity index (χ4n) is 2.52. The van der Waals surface area contributed by atoms with E-state index in [1.807, 2.05) is 11.6 Å². The van der Waals surface area contributed by atoms with Crippen molar-refractivity contribution in [3.05, 3.63) is 17.2 Å². The lowest BCUT2D eigenvalue weighted by molar-refractivity contribution is -0.141. The standard InChI is InChI=1S/C12H14N2O3/c1-14-8-4-7(12(16)17)5-9(15)10(8)13-11(14)6-2-3-6/h6-7H,2-5H2,1H3,(H,16,17). The highest BCUT2D eigenvalue weighted by Gasteiger charge is 2.37. The van der Waals surface area contributed by atoms with Gasteiger partial charge in [-0.1, -0.05) is 0 Å². The third kappa shape index (κ3) is 1.57. The largest absolute Gasteiger partial charge is 0.481 e. The Morgan fingerprint density at radius 1 is 1.41 bits per heavy atom. The molecule has 0 aromatic carbocycles. The second-order valence-electron chi connectivity index (χ2n) is 4.97. The molecule has 5 heteroatoms. The predicted octanol–water partition coefficient (Wildman–Crippen LogP) is 1.13. The monoisotopic (exact) mass is 234 g/mol. The maximum Gasteiger partial charge on any atom is 0.307 e. The maximum atomic E-state index is 11.9. The molecule has 17 heavy (non-hydrogen) atoms. The van der Waals surface area contributed by atoms with Gasteiger partial charge in [0.15, 0.2) is 5.78 Å². The van der Waals surface area contributed by atoms with E-state index in [2.05, 4.69) is 4.98 Å². The molecule has 90 valence electrons. The minimum atomic E-state index is -0.891. The van der Waals surface area contributed by atoms with E-state index in [1.165, 1.54) is 0 Å². The van der Waals surface area contributed by atoms with E-state index in [0.29, 0.717) is 18.0 Å². The van der Waals surface area contributed by atoms with Crippen molar-refractivity contribution in [3.63, 3.8) is 0 Å². The van der Waals surface area contributed by atoms with Crippen molar-refractivity contribution in [2.75, 3.05) is 0 Å². The van der Waals surface area contributed by atoms with Gasteiger partial charge >= 0.3 is 5.97 Å². The van der Waals surface area contributed by atoms with Crippen LogP contribution in [0.15, 0.2) is 0 Å². The van der Waals surface area contributed by atoms with Crippen molar-refractivity contribution in [1.29, 1.82) is 0 Å². The summed E-state index contributed by atoms with van der Waals surface area (Å²) in [5, 5.41) is 9.02. The summed E-state index contributed by atoms with van der Waals surface area (Å²) in [5.74, 6) is -0.173. The number of Topliss-reactive ketones (excluding diaryl/α,β-unsaturated/α-hetero) is 1. The first-order valence-corrected chi connectivity index (χ1v) is 5.89. The first-order chi connectivity index (χ1) is 8.08. The third-order valence-electron chi connectivity index (χ3n) is 3.68. The fraction of sp³-hybridized carbons (Fsp3) is 0.583. The topological polar surface area (TPSA) is 72.2 Å². The van der Waals surface area contributed by atoms with Gasteiger partial charge in [0, 0.05) is 31.5 Å². The molecule has 1 atom stereocenters. The van der Waals surface area contributed by atoms with E-state index in [9.17, 15) is 9.59 Å². The Labute approximate surface area is 98.5 Å². The Kier molecular flexibility index (Phi) is 2.11. The van der Waals surface area contributed by atoms with Crippen LogP contribution in [0.1, 0.15) is 47.2 Å². The zero-order valence-electron chi connectivity index (χ0n) is 9.64. The van der Waals surface area contributed by atoms with E-state index >= 15 is 0 Å². The first-order valence-electron chi connectivity index (χ1n) is 5.89. The van der Waals surface area contributed by atoms with Gasteiger partial charge in [-0.05, 0) is 12.8 Å². The summed E-state index contributed by atoms with van der Waals surface area (Å²) in [5.41, 5.74) is 1.31. The molecule has 1 saturated carbocycles. The molecule has 1 heterocycles. The zero-order chi connectivity index (χ0) is 12.2. The zero-order valence-corrected chi connectivity index (χ0v) is 9.64. The molecule has 0 spiro atoms. The number of fused-ring (bicyclic) bond motifs is 1. The quantitative estimate of drug-likeness (QED) is 0.832. The number of carboxylic acids is 1. The lowest BCUT2D eigenvalue weighted by Gasteiger charge is -2.17. The molecule has 2 aliphatic carbocycles. The molecule has 0 amide bonds. The highest BCUT2D eigenvalue weighted by Crippen LogP contribution is 2.41. The van der Waals surface area contributed by atoms with Gasteiger partial charge in [0.2, 0.25) is 0 Å². The van der Waals surface area contributed by atoms with E-state index < -0.39 is 11.9 Å². The number of aromatic nitrogens is 2. The summed E-state index contributed by atoms with van der Waals surface area (Å²) >= 11 is 0. The summed E-state index contributed by atoms with van der Waals surface area (Å²) in [6.45, 7) is 0. The molecule has 0 radical (unpaired) electrons. The number of nitrogens with zero attached hydrogens (tertiary/aromatic N) is 2. The Morgan fingerprint density at radius 2 is 2.12 bits per heavy atom. The Bertz CT molecular complexity index is 514. The van der Waals surface area contributed by atoms with Crippen LogP contribution in [0.2, 0.25) is 0 Å². The van der Waals surface area contributed by atoms with Crippen molar-refractivity contribution in [1.82, 2.24) is 9.55 Å². The smallest absolute Gasteiger partial charge is 0.307 e. The number of hydrogen-bond donors (Lipinski definition) is 1. The van der Waals surface area contributed by atoms with E-state index in [-0.39, 0.29) is 12.2 Å². The van der Waals surface area contributed by atoms with Crippen molar-refractivity contribution in [2.24, 2.45) is 13.0 Å². The molecule has 1 aromatic heterocycles. The number of carbonyl (C=O) groups is 2. The molecular formula is C12H14N2O3. The van der Waals surface area contributed by atoms with Crippen LogP contribution >= 0.6 is 0 Å². The number of hydrogen-bond acceptors (Lipinski definition) is 3. The molecule has 1 unspecified atom stereocenters. The molecular weight excluding hydrogens is 220 g/mol. The summed E-state index contributed by atoms with van der Waals surface area (Å²) in [6.07, 6.45) is 2.76. The van der Waals surface area contributed by atoms with Crippen molar-refractivity contribution >= 4 is 11.8 Å². The minimum Gasteiger partial charge on any atom is -0.481 e. The Hall–Kier alpha value is -1.65. The second kappa shape index (κ2) is 3.42. The molecule has 0 bridgehead atoms. The van der Waals surface area contributed by atoms with Crippen molar-refractivity contribution in [3.8, 4) is 0 Å². The minimum absolute atomic E-state index is 0.0868. The molecule has 0 saturated heterocycles. The van der Waals surface area contributed by atoms with Gasteiger partial charge < -0.3 is 9.67 Å². The molecule has 1 fully saturated rings. The Balaban J connectivity index is 2.03. The van der Waals surface area contributed by atoms with Gasteiger partial charge in [-0.15, -0.1) is 0 Å². The molecule has 5 nitrogen and oxygen atoms in total. The van der Waals surface area contributed by atoms with Crippen LogP contribution in [0.3, 0.4) is 0 Å². The average Bonchev–Trinajstić information content (AvgIpc) is 3.05.